The predicted octanol–water partition coefficient (Wildman–Crippen LogP) is 3.83. The third-order valence-electron chi connectivity index (χ3n) is 2.20. The third kappa shape index (κ3) is 4.42. The largest absolute Gasteiger partial charge is 0.573 e. The van der Waals surface area contributed by atoms with E-state index >= 15 is 0 Å². The highest BCUT2D eigenvalue weighted by Crippen LogP contribution is 2.38. The first-order valence-corrected chi connectivity index (χ1v) is 6.03. The summed E-state index contributed by atoms with van der Waals surface area (Å²) in [5.41, 5.74) is -2.50. The summed E-state index contributed by atoms with van der Waals surface area (Å²) < 4.78 is 71.1. The molecule has 0 radical (unpaired) electrons. The Labute approximate surface area is 120 Å². The number of alkyl halides is 6. The zero-order chi connectivity index (χ0) is 16.2. The summed E-state index contributed by atoms with van der Waals surface area (Å²) in [6.07, 6.45) is -7.84. The van der Waals surface area contributed by atoms with Gasteiger partial charge in [0.05, 0.1) is 12.2 Å². The molecule has 0 unspecified atom stereocenters. The summed E-state index contributed by atoms with van der Waals surface area (Å²) in [4.78, 5) is 14.9. The van der Waals surface area contributed by atoms with E-state index in [1.807, 2.05) is 0 Å². The fourth-order valence-corrected chi connectivity index (χ4v) is 1.67. The van der Waals surface area contributed by atoms with Gasteiger partial charge in [0, 0.05) is 12.1 Å². The number of halogens is 6. The molecule has 0 amide bonds. The van der Waals surface area contributed by atoms with Crippen molar-refractivity contribution in [2.24, 2.45) is 0 Å². The lowest BCUT2D eigenvalue weighted by Gasteiger charge is -2.17. The summed E-state index contributed by atoms with van der Waals surface area (Å²) >= 11 is 5.39. The molecule has 0 atom stereocenters. The molecule has 1 rings (SSSR count). The molecule has 4 nitrogen and oxygen atoms in total. The minimum Gasteiger partial charge on any atom is -0.461 e. The monoisotopic (exact) mass is 333 g/mol. The quantitative estimate of drug-likeness (QED) is 0.467. The maximum Gasteiger partial charge on any atom is 0.573 e. The Balaban J connectivity index is 3.50. The van der Waals surface area contributed by atoms with Crippen molar-refractivity contribution in [1.82, 2.24) is 4.98 Å². The van der Waals surface area contributed by atoms with E-state index in [1.165, 1.54) is 6.92 Å². The molecule has 10 heteroatoms. The Morgan fingerprint density at radius 1 is 1.43 bits per heavy atom. The van der Waals surface area contributed by atoms with Crippen molar-refractivity contribution in [1.29, 1.82) is 0 Å². The van der Waals surface area contributed by atoms with Gasteiger partial charge in [-0.05, 0) is 12.5 Å². The SMILES string of the molecule is CCOC(=O)c1ncc(CCl)c(C(F)F)c1OC(F)(F)F. The van der Waals surface area contributed by atoms with Gasteiger partial charge in [0.25, 0.3) is 6.43 Å². The number of carbonyl (C=O) groups is 1. The van der Waals surface area contributed by atoms with Crippen molar-refractivity contribution in [2.45, 2.75) is 25.6 Å². The van der Waals surface area contributed by atoms with Gasteiger partial charge in [0.2, 0.25) is 0 Å². The van der Waals surface area contributed by atoms with Crippen LogP contribution in [-0.2, 0) is 10.6 Å². The molecule has 0 aliphatic rings. The normalized spacial score (nSPS) is 11.6. The smallest absolute Gasteiger partial charge is 0.461 e. The molecular formula is C11H9ClF5NO3. The Bertz CT molecular complexity index is 521. The van der Waals surface area contributed by atoms with Crippen LogP contribution < -0.4 is 4.74 Å². The second-order valence-electron chi connectivity index (χ2n) is 3.58. The third-order valence-corrected chi connectivity index (χ3v) is 2.49. The Morgan fingerprint density at radius 3 is 2.48 bits per heavy atom. The van der Waals surface area contributed by atoms with Crippen LogP contribution in [0.1, 0.15) is 35.0 Å². The van der Waals surface area contributed by atoms with Crippen LogP contribution in [0.15, 0.2) is 6.20 Å². The van der Waals surface area contributed by atoms with E-state index in [0.29, 0.717) is 0 Å². The summed E-state index contributed by atoms with van der Waals surface area (Å²) in [6.45, 7) is 1.22. The average Bonchev–Trinajstić information content (AvgIpc) is 2.35. The number of pyridine rings is 1. The van der Waals surface area contributed by atoms with Crippen LogP contribution in [0, 0.1) is 0 Å². The van der Waals surface area contributed by atoms with E-state index in [2.05, 4.69) is 14.5 Å². The first kappa shape index (κ1) is 17.4. The molecule has 0 N–H and O–H groups in total. The summed E-state index contributed by atoms with van der Waals surface area (Å²) in [6, 6.07) is 0. The van der Waals surface area contributed by atoms with Crippen molar-refractivity contribution in [3.63, 3.8) is 0 Å². The zero-order valence-corrected chi connectivity index (χ0v) is 11.3. The van der Waals surface area contributed by atoms with Crippen LogP contribution in [0.5, 0.6) is 5.75 Å². The van der Waals surface area contributed by atoms with Gasteiger partial charge in [-0.2, -0.15) is 0 Å². The van der Waals surface area contributed by atoms with Crippen LogP contribution in [0.2, 0.25) is 0 Å². The average molecular weight is 334 g/mol. The van der Waals surface area contributed by atoms with Crippen LogP contribution >= 0.6 is 11.6 Å². The molecule has 0 aromatic carbocycles. The number of rotatable bonds is 5. The number of ether oxygens (including phenoxy) is 2. The van der Waals surface area contributed by atoms with Crippen molar-refractivity contribution in [2.75, 3.05) is 6.61 Å². The van der Waals surface area contributed by atoms with Gasteiger partial charge in [0.15, 0.2) is 11.4 Å². The number of nitrogens with zero attached hydrogens (tertiary/aromatic N) is 1. The number of carbonyl (C=O) groups excluding carboxylic acids is 1. The Hall–Kier alpha value is -1.64. The fourth-order valence-electron chi connectivity index (χ4n) is 1.45. The molecule has 0 saturated carbocycles. The van der Waals surface area contributed by atoms with Crippen molar-refractivity contribution >= 4 is 17.6 Å². The lowest BCUT2D eigenvalue weighted by molar-refractivity contribution is -0.275. The van der Waals surface area contributed by atoms with E-state index in [9.17, 15) is 26.7 Å². The molecule has 0 aliphatic heterocycles. The predicted molar refractivity (Wildman–Crippen MR) is 61.4 cm³/mol. The second kappa shape index (κ2) is 6.88. The zero-order valence-electron chi connectivity index (χ0n) is 10.5. The van der Waals surface area contributed by atoms with Gasteiger partial charge in [-0.3, -0.25) is 0 Å². The van der Waals surface area contributed by atoms with Crippen LogP contribution in [-0.4, -0.2) is 23.9 Å². The summed E-state index contributed by atoms with van der Waals surface area (Å²) in [7, 11) is 0. The van der Waals surface area contributed by atoms with Crippen LogP contribution in [0.3, 0.4) is 0 Å². The summed E-state index contributed by atoms with van der Waals surface area (Å²) in [5.74, 6) is -3.22. The number of hydrogen-bond acceptors (Lipinski definition) is 4. The van der Waals surface area contributed by atoms with E-state index in [0.717, 1.165) is 6.20 Å². The molecule has 1 aromatic heterocycles. The molecule has 0 fully saturated rings. The van der Waals surface area contributed by atoms with Crippen molar-refractivity contribution in [3.8, 4) is 5.75 Å². The molecule has 118 valence electrons. The minimum absolute atomic E-state index is 0.173. The molecule has 0 saturated heterocycles. The maximum absolute atomic E-state index is 13.0. The molecule has 1 heterocycles. The van der Waals surface area contributed by atoms with Gasteiger partial charge < -0.3 is 9.47 Å². The molecule has 0 bridgehead atoms. The van der Waals surface area contributed by atoms with Crippen molar-refractivity contribution in [3.05, 3.63) is 23.0 Å². The second-order valence-corrected chi connectivity index (χ2v) is 3.84. The van der Waals surface area contributed by atoms with Gasteiger partial charge >= 0.3 is 12.3 Å². The highest BCUT2D eigenvalue weighted by Gasteiger charge is 2.37. The molecule has 0 aliphatic carbocycles. The lowest BCUT2D eigenvalue weighted by atomic mass is 10.1. The Kier molecular flexibility index (Phi) is 5.70. The van der Waals surface area contributed by atoms with Crippen LogP contribution in [0.25, 0.3) is 0 Å². The number of hydrogen-bond donors (Lipinski definition) is 0. The highest BCUT2D eigenvalue weighted by molar-refractivity contribution is 6.17. The maximum atomic E-state index is 13.0. The van der Waals surface area contributed by atoms with E-state index in [-0.39, 0.29) is 12.2 Å². The standard InChI is InChI=1S/C11H9ClF5NO3/c1-2-20-10(19)7-8(21-11(15,16)17)6(9(13)14)5(3-12)4-18-7/h4,9H,2-3H2,1H3. The van der Waals surface area contributed by atoms with E-state index in [1.54, 1.807) is 0 Å². The molecule has 0 spiro atoms. The first-order valence-electron chi connectivity index (χ1n) is 5.50. The number of esters is 1. The lowest BCUT2D eigenvalue weighted by Crippen LogP contribution is -2.22. The van der Waals surface area contributed by atoms with E-state index < -0.39 is 41.6 Å². The van der Waals surface area contributed by atoms with Gasteiger partial charge in [0.1, 0.15) is 0 Å². The van der Waals surface area contributed by atoms with Gasteiger partial charge in [-0.1, -0.05) is 0 Å². The molecular weight excluding hydrogens is 325 g/mol. The topological polar surface area (TPSA) is 48.4 Å². The molecule has 21 heavy (non-hydrogen) atoms. The number of aromatic nitrogens is 1. The van der Waals surface area contributed by atoms with Gasteiger partial charge in [-0.15, -0.1) is 24.8 Å². The highest BCUT2D eigenvalue weighted by atomic mass is 35.5. The molecule has 1 aromatic rings. The Morgan fingerprint density at radius 2 is 2.05 bits per heavy atom. The first-order chi connectivity index (χ1) is 9.71. The minimum atomic E-state index is -5.28. The fraction of sp³-hybridized carbons (Fsp3) is 0.455. The summed E-state index contributed by atoms with van der Waals surface area (Å²) in [5, 5.41) is 0. The van der Waals surface area contributed by atoms with Gasteiger partial charge in [-0.25, -0.2) is 18.6 Å². The van der Waals surface area contributed by atoms with E-state index in [4.69, 9.17) is 11.6 Å². The van der Waals surface area contributed by atoms with Crippen LogP contribution in [0.4, 0.5) is 22.0 Å². The van der Waals surface area contributed by atoms with Crippen molar-refractivity contribution < 1.29 is 36.2 Å².